The zero-order valence-electron chi connectivity index (χ0n) is 13.3. The van der Waals surface area contributed by atoms with E-state index in [9.17, 15) is 22.8 Å². The van der Waals surface area contributed by atoms with E-state index in [-0.39, 0.29) is 11.4 Å². The molecule has 0 saturated heterocycles. The van der Waals surface area contributed by atoms with E-state index in [1.807, 2.05) is 0 Å². The minimum atomic E-state index is -4.46. The first-order valence-electron chi connectivity index (χ1n) is 7.14. The van der Waals surface area contributed by atoms with Crippen molar-refractivity contribution >= 4 is 17.6 Å². The fourth-order valence-corrected chi connectivity index (χ4v) is 1.76. The molecule has 0 unspecified atom stereocenters. The Morgan fingerprint density at radius 2 is 1.76 bits per heavy atom. The van der Waals surface area contributed by atoms with Gasteiger partial charge in [-0.25, -0.2) is 9.78 Å². The summed E-state index contributed by atoms with van der Waals surface area (Å²) in [6.07, 6.45) is -3.03. The molecule has 1 atom stereocenters. The summed E-state index contributed by atoms with van der Waals surface area (Å²) in [5.74, 6) is -1.52. The molecular formula is C16H14F3N3O3. The lowest BCUT2D eigenvalue weighted by atomic mass is 10.2. The number of ether oxygens (including phenoxy) is 1. The first-order valence-corrected chi connectivity index (χ1v) is 7.14. The van der Waals surface area contributed by atoms with Gasteiger partial charge in [0.05, 0.1) is 17.5 Å². The number of amides is 1. The molecule has 1 aromatic heterocycles. The van der Waals surface area contributed by atoms with Crippen LogP contribution in [0.1, 0.15) is 28.7 Å². The number of aryl methyl sites for hydroxylation is 1. The number of esters is 1. The Morgan fingerprint density at radius 1 is 1.12 bits per heavy atom. The number of hydrogen-bond acceptors (Lipinski definition) is 5. The summed E-state index contributed by atoms with van der Waals surface area (Å²) in [6, 6.07) is 3.91. The maximum absolute atomic E-state index is 12.5. The van der Waals surface area contributed by atoms with Crippen molar-refractivity contribution in [3.8, 4) is 0 Å². The van der Waals surface area contributed by atoms with Crippen LogP contribution in [-0.2, 0) is 15.7 Å². The van der Waals surface area contributed by atoms with E-state index < -0.39 is 29.7 Å². The minimum absolute atomic E-state index is 0.0558. The molecular weight excluding hydrogens is 339 g/mol. The van der Waals surface area contributed by atoms with Crippen LogP contribution >= 0.6 is 0 Å². The molecule has 25 heavy (non-hydrogen) atoms. The molecule has 0 radical (unpaired) electrons. The van der Waals surface area contributed by atoms with Gasteiger partial charge in [-0.1, -0.05) is 0 Å². The van der Waals surface area contributed by atoms with Crippen LogP contribution in [0.25, 0.3) is 0 Å². The van der Waals surface area contributed by atoms with Gasteiger partial charge in [-0.15, -0.1) is 0 Å². The van der Waals surface area contributed by atoms with Gasteiger partial charge in [0.2, 0.25) is 0 Å². The summed E-state index contributed by atoms with van der Waals surface area (Å²) in [7, 11) is 0. The quantitative estimate of drug-likeness (QED) is 0.855. The molecule has 2 rings (SSSR count). The Morgan fingerprint density at radius 3 is 2.28 bits per heavy atom. The third-order valence-corrected chi connectivity index (χ3v) is 3.12. The zero-order chi connectivity index (χ0) is 18.6. The number of carbonyl (C=O) groups is 2. The molecule has 0 fully saturated rings. The highest BCUT2D eigenvalue weighted by Gasteiger charge is 2.30. The normalized spacial score (nSPS) is 12.4. The lowest BCUT2D eigenvalue weighted by Gasteiger charge is -2.14. The smallest absolute Gasteiger partial charge is 0.416 e. The van der Waals surface area contributed by atoms with Crippen molar-refractivity contribution < 1.29 is 27.5 Å². The topological polar surface area (TPSA) is 81.2 Å². The van der Waals surface area contributed by atoms with Gasteiger partial charge < -0.3 is 10.1 Å². The predicted molar refractivity (Wildman–Crippen MR) is 81.7 cm³/mol. The van der Waals surface area contributed by atoms with Crippen molar-refractivity contribution in [3.63, 3.8) is 0 Å². The van der Waals surface area contributed by atoms with Gasteiger partial charge >= 0.3 is 12.1 Å². The summed E-state index contributed by atoms with van der Waals surface area (Å²) in [5.41, 5.74) is -0.122. The minimum Gasteiger partial charge on any atom is -0.448 e. The predicted octanol–water partition coefficient (Wildman–Crippen LogP) is 2.99. The van der Waals surface area contributed by atoms with Crippen LogP contribution in [0.4, 0.5) is 18.9 Å². The van der Waals surface area contributed by atoms with Crippen LogP contribution < -0.4 is 5.32 Å². The van der Waals surface area contributed by atoms with Crippen molar-refractivity contribution in [2.75, 3.05) is 5.32 Å². The third-order valence-electron chi connectivity index (χ3n) is 3.12. The highest BCUT2D eigenvalue weighted by Crippen LogP contribution is 2.29. The number of rotatable bonds is 4. The van der Waals surface area contributed by atoms with Gasteiger partial charge in [-0.05, 0) is 38.1 Å². The van der Waals surface area contributed by atoms with Gasteiger partial charge in [-0.2, -0.15) is 13.2 Å². The van der Waals surface area contributed by atoms with Crippen molar-refractivity contribution in [3.05, 3.63) is 53.6 Å². The van der Waals surface area contributed by atoms with E-state index >= 15 is 0 Å². The molecule has 0 bridgehead atoms. The summed E-state index contributed by atoms with van der Waals surface area (Å²) >= 11 is 0. The summed E-state index contributed by atoms with van der Waals surface area (Å²) < 4.78 is 42.4. The van der Waals surface area contributed by atoms with E-state index in [1.165, 1.54) is 19.3 Å². The second kappa shape index (κ2) is 7.29. The first kappa shape index (κ1) is 18.4. The number of halogens is 3. The Kier molecular flexibility index (Phi) is 5.35. The SMILES string of the molecule is Cc1cnc(C(=O)O[C@@H](C)C(=O)Nc2ccc(C(F)(F)F)cc2)cn1. The number of benzene rings is 1. The van der Waals surface area contributed by atoms with Crippen LogP contribution in [0.5, 0.6) is 0 Å². The number of hydrogen-bond donors (Lipinski definition) is 1. The van der Waals surface area contributed by atoms with Crippen LogP contribution in [0, 0.1) is 6.92 Å². The maximum Gasteiger partial charge on any atom is 0.416 e. The highest BCUT2D eigenvalue weighted by molar-refractivity contribution is 5.96. The summed E-state index contributed by atoms with van der Waals surface area (Å²) in [6.45, 7) is 3.03. The molecule has 0 aliphatic carbocycles. The number of alkyl halides is 3. The molecule has 0 aliphatic heterocycles. The molecule has 9 heteroatoms. The molecule has 0 saturated carbocycles. The molecule has 1 amide bonds. The lowest BCUT2D eigenvalue weighted by molar-refractivity contribution is -0.137. The van der Waals surface area contributed by atoms with Crippen molar-refractivity contribution in [1.82, 2.24) is 9.97 Å². The van der Waals surface area contributed by atoms with Crippen molar-refractivity contribution in [2.24, 2.45) is 0 Å². The van der Waals surface area contributed by atoms with Crippen molar-refractivity contribution in [1.29, 1.82) is 0 Å². The average molecular weight is 353 g/mol. The fourth-order valence-electron chi connectivity index (χ4n) is 1.76. The van der Waals surface area contributed by atoms with Gasteiger partial charge in [0.15, 0.2) is 11.8 Å². The third kappa shape index (κ3) is 5.00. The van der Waals surface area contributed by atoms with Crippen LogP contribution in [0.3, 0.4) is 0 Å². The first-order chi connectivity index (χ1) is 11.7. The molecule has 0 spiro atoms. The number of carbonyl (C=O) groups excluding carboxylic acids is 2. The number of anilines is 1. The van der Waals surface area contributed by atoms with Gasteiger partial charge in [-0.3, -0.25) is 9.78 Å². The van der Waals surface area contributed by atoms with E-state index in [1.54, 1.807) is 6.92 Å². The maximum atomic E-state index is 12.5. The summed E-state index contributed by atoms with van der Waals surface area (Å²) in [4.78, 5) is 31.5. The standard InChI is InChI=1S/C16H14F3N3O3/c1-9-7-21-13(8-20-9)15(24)25-10(2)14(23)22-12-5-3-11(4-6-12)16(17,18)19/h3-8,10H,1-2H3,(H,22,23)/t10-/m0/s1. The second-order valence-electron chi connectivity index (χ2n) is 5.15. The van der Waals surface area contributed by atoms with E-state index in [4.69, 9.17) is 4.74 Å². The summed E-state index contributed by atoms with van der Waals surface area (Å²) in [5, 5.41) is 2.37. The Hall–Kier alpha value is -2.97. The number of nitrogens with one attached hydrogen (secondary N) is 1. The highest BCUT2D eigenvalue weighted by atomic mass is 19.4. The van der Waals surface area contributed by atoms with Gasteiger partial charge in [0, 0.05) is 11.9 Å². The van der Waals surface area contributed by atoms with E-state index in [0.29, 0.717) is 5.69 Å². The van der Waals surface area contributed by atoms with Crippen LogP contribution in [-0.4, -0.2) is 27.9 Å². The molecule has 2 aromatic rings. The Labute approximate surface area is 141 Å². The van der Waals surface area contributed by atoms with Crippen LogP contribution in [0.15, 0.2) is 36.7 Å². The largest absolute Gasteiger partial charge is 0.448 e. The Balaban J connectivity index is 1.95. The molecule has 1 heterocycles. The van der Waals surface area contributed by atoms with Gasteiger partial charge in [0.25, 0.3) is 5.91 Å². The molecule has 1 aromatic carbocycles. The Bertz CT molecular complexity index is 759. The van der Waals surface area contributed by atoms with Crippen LogP contribution in [0.2, 0.25) is 0 Å². The number of aromatic nitrogens is 2. The monoisotopic (exact) mass is 353 g/mol. The number of nitrogens with zero attached hydrogens (tertiary/aromatic N) is 2. The van der Waals surface area contributed by atoms with E-state index in [0.717, 1.165) is 24.3 Å². The second-order valence-corrected chi connectivity index (χ2v) is 5.15. The molecule has 1 N–H and O–H groups in total. The molecule has 6 nitrogen and oxygen atoms in total. The fraction of sp³-hybridized carbons (Fsp3) is 0.250. The van der Waals surface area contributed by atoms with E-state index in [2.05, 4.69) is 15.3 Å². The zero-order valence-corrected chi connectivity index (χ0v) is 13.3. The average Bonchev–Trinajstić information content (AvgIpc) is 2.55. The van der Waals surface area contributed by atoms with Gasteiger partial charge in [0.1, 0.15) is 0 Å². The lowest BCUT2D eigenvalue weighted by Crippen LogP contribution is -2.30. The van der Waals surface area contributed by atoms with Crippen molar-refractivity contribution in [2.45, 2.75) is 26.1 Å². The molecule has 0 aliphatic rings. The molecule has 132 valence electrons.